The zero-order valence-corrected chi connectivity index (χ0v) is 12.9. The molecule has 2 nitrogen and oxygen atoms in total. The summed E-state index contributed by atoms with van der Waals surface area (Å²) in [6.45, 7) is 7.51. The van der Waals surface area contributed by atoms with E-state index in [-0.39, 0.29) is 0 Å². The average Bonchev–Trinajstić information content (AvgIpc) is 2.42. The summed E-state index contributed by atoms with van der Waals surface area (Å²) in [5, 5.41) is 4.14. The van der Waals surface area contributed by atoms with Crippen LogP contribution in [0.25, 0.3) is 0 Å². The molecular formula is C17H20ClNO. The normalized spacial score (nSPS) is 10.4. The van der Waals surface area contributed by atoms with E-state index in [1.54, 1.807) is 0 Å². The first-order valence-electron chi connectivity index (χ1n) is 6.77. The van der Waals surface area contributed by atoms with Gasteiger partial charge in [0.05, 0.1) is 0 Å². The van der Waals surface area contributed by atoms with Crippen molar-refractivity contribution in [1.82, 2.24) is 0 Å². The van der Waals surface area contributed by atoms with Crippen LogP contribution in [0.15, 0.2) is 36.4 Å². The minimum absolute atomic E-state index is 0.623. The number of ether oxygens (including phenoxy) is 1. The fourth-order valence-corrected chi connectivity index (χ4v) is 2.34. The van der Waals surface area contributed by atoms with Gasteiger partial charge in [-0.3, -0.25) is 0 Å². The van der Waals surface area contributed by atoms with Gasteiger partial charge in [-0.05, 0) is 49.6 Å². The summed E-state index contributed by atoms with van der Waals surface area (Å²) in [5.74, 6) is 0.983. The third-order valence-corrected chi connectivity index (χ3v) is 3.75. The first-order valence-corrected chi connectivity index (χ1v) is 7.15. The van der Waals surface area contributed by atoms with Crippen molar-refractivity contribution in [3.8, 4) is 5.75 Å². The quantitative estimate of drug-likeness (QED) is 0.802. The van der Waals surface area contributed by atoms with Crippen LogP contribution in [0.4, 0.5) is 5.69 Å². The lowest BCUT2D eigenvalue weighted by molar-refractivity contribution is 0.328. The summed E-state index contributed by atoms with van der Waals surface area (Å²) in [7, 11) is 0. The second-order valence-electron chi connectivity index (χ2n) is 4.91. The molecule has 2 aromatic carbocycles. The Labute approximate surface area is 125 Å². The molecule has 0 aliphatic heterocycles. The highest BCUT2D eigenvalue weighted by Gasteiger charge is 2.04. The minimum Gasteiger partial charge on any atom is -0.491 e. The number of nitrogens with one attached hydrogen (secondary N) is 1. The van der Waals surface area contributed by atoms with E-state index in [0.717, 1.165) is 28.6 Å². The topological polar surface area (TPSA) is 21.3 Å². The Hall–Kier alpha value is -1.67. The molecule has 0 aromatic heterocycles. The summed E-state index contributed by atoms with van der Waals surface area (Å²) >= 11 is 6.09. The fourth-order valence-electron chi connectivity index (χ4n) is 2.16. The molecule has 0 fully saturated rings. The van der Waals surface area contributed by atoms with Gasteiger partial charge in [-0.25, -0.2) is 0 Å². The van der Waals surface area contributed by atoms with Gasteiger partial charge in [-0.2, -0.15) is 0 Å². The van der Waals surface area contributed by atoms with Crippen molar-refractivity contribution < 1.29 is 4.74 Å². The van der Waals surface area contributed by atoms with Crippen molar-refractivity contribution in [2.75, 3.05) is 18.5 Å². The van der Waals surface area contributed by atoms with Crippen molar-refractivity contribution in [1.29, 1.82) is 0 Å². The lowest BCUT2D eigenvalue weighted by atomic mass is 10.1. The van der Waals surface area contributed by atoms with Crippen LogP contribution in [0.2, 0.25) is 5.02 Å². The second-order valence-corrected chi connectivity index (χ2v) is 5.32. The summed E-state index contributed by atoms with van der Waals surface area (Å²) in [6.07, 6.45) is 0. The monoisotopic (exact) mass is 289 g/mol. The molecule has 20 heavy (non-hydrogen) atoms. The van der Waals surface area contributed by atoms with Crippen molar-refractivity contribution in [3.05, 3.63) is 58.1 Å². The van der Waals surface area contributed by atoms with Crippen LogP contribution < -0.4 is 10.1 Å². The first kappa shape index (κ1) is 14.7. The maximum Gasteiger partial charge on any atom is 0.125 e. The molecule has 3 heteroatoms. The van der Waals surface area contributed by atoms with Crippen LogP contribution in [0.1, 0.15) is 16.7 Å². The summed E-state index contributed by atoms with van der Waals surface area (Å²) < 4.78 is 5.86. The first-order chi connectivity index (χ1) is 9.59. The summed E-state index contributed by atoms with van der Waals surface area (Å²) in [5.41, 5.74) is 4.47. The third kappa shape index (κ3) is 3.45. The zero-order valence-electron chi connectivity index (χ0n) is 12.2. The molecule has 0 heterocycles. The Bertz CT molecular complexity index is 575. The van der Waals surface area contributed by atoms with Gasteiger partial charge in [-0.1, -0.05) is 35.9 Å². The largest absolute Gasteiger partial charge is 0.491 e. The third-order valence-electron chi connectivity index (χ3n) is 3.34. The van der Waals surface area contributed by atoms with Gasteiger partial charge in [0, 0.05) is 17.3 Å². The molecule has 106 valence electrons. The predicted molar refractivity (Wildman–Crippen MR) is 86.1 cm³/mol. The lowest BCUT2D eigenvalue weighted by Crippen LogP contribution is -2.13. The van der Waals surface area contributed by atoms with Crippen molar-refractivity contribution in [2.45, 2.75) is 20.8 Å². The van der Waals surface area contributed by atoms with Gasteiger partial charge in [0.1, 0.15) is 12.4 Å². The fraction of sp³-hybridized carbons (Fsp3) is 0.294. The molecule has 0 aliphatic carbocycles. The van der Waals surface area contributed by atoms with Crippen LogP contribution in [0, 0.1) is 20.8 Å². The Morgan fingerprint density at radius 3 is 2.35 bits per heavy atom. The van der Waals surface area contributed by atoms with Crippen molar-refractivity contribution in [3.63, 3.8) is 0 Å². The Balaban J connectivity index is 1.89. The zero-order chi connectivity index (χ0) is 14.5. The molecular weight excluding hydrogens is 270 g/mol. The highest BCUT2D eigenvalue weighted by Crippen LogP contribution is 2.24. The molecule has 1 N–H and O–H groups in total. The van der Waals surface area contributed by atoms with Crippen LogP contribution in [0.5, 0.6) is 5.75 Å². The number of aryl methyl sites for hydroxylation is 2. The predicted octanol–water partition coefficient (Wildman–Crippen LogP) is 4.76. The highest BCUT2D eigenvalue weighted by atomic mass is 35.5. The molecule has 0 saturated carbocycles. The molecule has 0 radical (unpaired) electrons. The minimum atomic E-state index is 0.623. The number of para-hydroxylation sites is 1. The molecule has 2 rings (SSSR count). The number of hydrogen-bond donors (Lipinski definition) is 1. The molecule has 0 amide bonds. The molecule has 0 aliphatic rings. The van der Waals surface area contributed by atoms with E-state index >= 15 is 0 Å². The van der Waals surface area contributed by atoms with E-state index in [9.17, 15) is 0 Å². The van der Waals surface area contributed by atoms with Crippen LogP contribution in [-0.2, 0) is 0 Å². The van der Waals surface area contributed by atoms with E-state index in [1.165, 1.54) is 11.1 Å². The van der Waals surface area contributed by atoms with Gasteiger partial charge >= 0.3 is 0 Å². The molecule has 0 saturated heterocycles. The van der Waals surface area contributed by atoms with Gasteiger partial charge in [0.15, 0.2) is 0 Å². The highest BCUT2D eigenvalue weighted by molar-refractivity contribution is 6.31. The molecule has 0 unspecified atom stereocenters. The summed E-state index contributed by atoms with van der Waals surface area (Å²) in [6, 6.07) is 12.1. The molecule has 2 aromatic rings. The molecule has 0 atom stereocenters. The lowest BCUT2D eigenvalue weighted by Gasteiger charge is -2.14. The van der Waals surface area contributed by atoms with Gasteiger partial charge < -0.3 is 10.1 Å². The van der Waals surface area contributed by atoms with E-state index < -0.39 is 0 Å². The summed E-state index contributed by atoms with van der Waals surface area (Å²) in [4.78, 5) is 0. The average molecular weight is 290 g/mol. The Kier molecular flexibility index (Phi) is 4.91. The van der Waals surface area contributed by atoms with E-state index in [4.69, 9.17) is 16.3 Å². The number of hydrogen-bond acceptors (Lipinski definition) is 2. The van der Waals surface area contributed by atoms with Crippen LogP contribution in [0.3, 0.4) is 0 Å². The smallest absolute Gasteiger partial charge is 0.125 e. The van der Waals surface area contributed by atoms with Crippen molar-refractivity contribution >= 4 is 17.3 Å². The van der Waals surface area contributed by atoms with Gasteiger partial charge in [0.25, 0.3) is 0 Å². The van der Waals surface area contributed by atoms with E-state index in [0.29, 0.717) is 6.61 Å². The van der Waals surface area contributed by atoms with Crippen LogP contribution >= 0.6 is 11.6 Å². The number of rotatable bonds is 5. The van der Waals surface area contributed by atoms with E-state index in [2.05, 4.69) is 31.3 Å². The second kappa shape index (κ2) is 6.67. The standard InChI is InChI=1S/C17H20ClNO/c1-12-6-4-7-13(2)17(12)20-11-10-19-16-9-5-8-15(18)14(16)3/h4-9,19H,10-11H2,1-3H3. The number of halogens is 1. The molecule has 0 spiro atoms. The number of benzene rings is 2. The van der Waals surface area contributed by atoms with Crippen molar-refractivity contribution in [2.24, 2.45) is 0 Å². The maximum absolute atomic E-state index is 6.09. The van der Waals surface area contributed by atoms with Gasteiger partial charge in [-0.15, -0.1) is 0 Å². The number of anilines is 1. The maximum atomic E-state index is 6.09. The van der Waals surface area contributed by atoms with E-state index in [1.807, 2.05) is 31.2 Å². The Morgan fingerprint density at radius 1 is 1.00 bits per heavy atom. The Morgan fingerprint density at radius 2 is 1.65 bits per heavy atom. The van der Waals surface area contributed by atoms with Crippen LogP contribution in [-0.4, -0.2) is 13.2 Å². The molecule has 0 bridgehead atoms. The SMILES string of the molecule is Cc1cccc(C)c1OCCNc1cccc(Cl)c1C. The van der Waals surface area contributed by atoms with Gasteiger partial charge in [0.2, 0.25) is 0 Å².